The average molecular weight is 317 g/mol. The zero-order valence-electron chi connectivity index (χ0n) is 4.74. The van der Waals surface area contributed by atoms with Gasteiger partial charge in [0.1, 0.15) is 5.75 Å². The normalized spacial score (nSPS) is 9.90. The van der Waals surface area contributed by atoms with Crippen LogP contribution >= 0.6 is 38.5 Å². The van der Waals surface area contributed by atoms with E-state index in [0.29, 0.717) is 3.57 Å². The molecule has 1 aromatic carbocycles. The lowest BCUT2D eigenvalue weighted by Gasteiger charge is -1.97. The summed E-state index contributed by atoms with van der Waals surface area (Å²) in [7, 11) is 0. The van der Waals surface area contributed by atoms with Gasteiger partial charge in [-0.05, 0) is 50.7 Å². The van der Waals surface area contributed by atoms with E-state index < -0.39 is 0 Å². The van der Waals surface area contributed by atoms with E-state index >= 15 is 0 Å². The van der Waals surface area contributed by atoms with Crippen molar-refractivity contribution in [2.45, 2.75) is 0 Å². The summed E-state index contributed by atoms with van der Waals surface area (Å²) in [6.45, 7) is 0. The van der Waals surface area contributed by atoms with Crippen molar-refractivity contribution >= 4 is 38.5 Å². The summed E-state index contributed by atoms with van der Waals surface area (Å²) in [5.74, 6) is -0.268. The summed E-state index contributed by atoms with van der Waals surface area (Å²) in [5.41, 5.74) is 0. The van der Waals surface area contributed by atoms with Crippen LogP contribution in [0.4, 0.5) is 4.39 Å². The minimum atomic E-state index is -0.335. The van der Waals surface area contributed by atoms with Gasteiger partial charge in [0, 0.05) is 0 Å². The summed E-state index contributed by atoms with van der Waals surface area (Å²) < 4.78 is 13.4. The Hall–Kier alpha value is 0.160. The van der Waals surface area contributed by atoms with E-state index in [1.165, 1.54) is 12.1 Å². The average Bonchev–Trinajstić information content (AvgIpc) is 1.82. The largest absolute Gasteiger partial charge is 0.508 e. The number of hydrogen-bond acceptors (Lipinski definition) is 1. The van der Waals surface area contributed by atoms with Crippen molar-refractivity contribution in [1.82, 2.24) is 0 Å². The van der Waals surface area contributed by atoms with E-state index in [-0.39, 0.29) is 16.0 Å². The quantitative estimate of drug-likeness (QED) is 0.576. The SMILES string of the molecule is Oc1cc(Br)c(F)c(I)c1. The van der Waals surface area contributed by atoms with E-state index in [2.05, 4.69) is 15.9 Å². The van der Waals surface area contributed by atoms with Gasteiger partial charge in [0.05, 0.1) is 8.04 Å². The van der Waals surface area contributed by atoms with Crippen molar-refractivity contribution in [2.24, 2.45) is 0 Å². The molecule has 4 heteroatoms. The molecular formula is C6H3BrFIO. The summed E-state index contributed by atoms with van der Waals surface area (Å²) >= 11 is 4.77. The van der Waals surface area contributed by atoms with Crippen molar-refractivity contribution in [3.63, 3.8) is 0 Å². The lowest BCUT2D eigenvalue weighted by molar-refractivity contribution is 0.471. The van der Waals surface area contributed by atoms with Gasteiger partial charge in [0.15, 0.2) is 5.82 Å². The lowest BCUT2D eigenvalue weighted by atomic mass is 10.3. The van der Waals surface area contributed by atoms with Crippen LogP contribution in [0.2, 0.25) is 0 Å². The molecule has 0 saturated heterocycles. The molecule has 0 aliphatic rings. The van der Waals surface area contributed by atoms with Crippen LogP contribution in [0, 0.1) is 9.39 Å². The second-order valence-electron chi connectivity index (χ2n) is 1.72. The standard InChI is InChI=1S/C6H3BrFIO/c7-4-1-3(10)2-5(9)6(4)8/h1-2,10H. The molecular weight excluding hydrogens is 314 g/mol. The van der Waals surface area contributed by atoms with E-state index in [0.717, 1.165) is 0 Å². The molecule has 0 fully saturated rings. The summed E-state index contributed by atoms with van der Waals surface area (Å²) in [5, 5.41) is 8.92. The molecule has 54 valence electrons. The van der Waals surface area contributed by atoms with Crippen LogP contribution < -0.4 is 0 Å². The molecule has 0 saturated carbocycles. The number of benzene rings is 1. The highest BCUT2D eigenvalue weighted by Gasteiger charge is 2.04. The van der Waals surface area contributed by atoms with Crippen LogP contribution in [0.1, 0.15) is 0 Å². The van der Waals surface area contributed by atoms with Crippen LogP contribution in [0.15, 0.2) is 16.6 Å². The lowest BCUT2D eigenvalue weighted by Crippen LogP contribution is -1.81. The zero-order chi connectivity index (χ0) is 7.72. The molecule has 1 N–H and O–H groups in total. The molecule has 0 aliphatic carbocycles. The maximum atomic E-state index is 12.7. The molecule has 0 atom stereocenters. The fourth-order valence-corrected chi connectivity index (χ4v) is 1.97. The summed E-state index contributed by atoms with van der Waals surface area (Å²) in [6, 6.07) is 2.68. The first-order chi connectivity index (χ1) is 4.61. The van der Waals surface area contributed by atoms with Crippen molar-refractivity contribution < 1.29 is 9.50 Å². The van der Waals surface area contributed by atoms with E-state index in [1.807, 2.05) is 22.6 Å². The Morgan fingerprint density at radius 2 is 2.10 bits per heavy atom. The van der Waals surface area contributed by atoms with Gasteiger partial charge in [0.25, 0.3) is 0 Å². The molecule has 0 aromatic heterocycles. The first-order valence-corrected chi connectivity index (χ1v) is 4.32. The van der Waals surface area contributed by atoms with Gasteiger partial charge in [-0.15, -0.1) is 0 Å². The fraction of sp³-hybridized carbons (Fsp3) is 0. The van der Waals surface area contributed by atoms with Crippen LogP contribution in [0.25, 0.3) is 0 Å². The Labute approximate surface area is 79.5 Å². The molecule has 0 bridgehead atoms. The smallest absolute Gasteiger partial charge is 0.150 e. The number of phenols is 1. The highest BCUT2D eigenvalue weighted by atomic mass is 127. The van der Waals surface area contributed by atoms with Gasteiger partial charge < -0.3 is 5.11 Å². The van der Waals surface area contributed by atoms with Gasteiger partial charge in [-0.2, -0.15) is 0 Å². The Morgan fingerprint density at radius 3 is 2.60 bits per heavy atom. The first-order valence-electron chi connectivity index (χ1n) is 2.45. The van der Waals surface area contributed by atoms with Gasteiger partial charge >= 0.3 is 0 Å². The monoisotopic (exact) mass is 316 g/mol. The third-order valence-corrected chi connectivity index (χ3v) is 2.33. The van der Waals surface area contributed by atoms with Crippen molar-refractivity contribution in [3.8, 4) is 5.75 Å². The number of aromatic hydroxyl groups is 1. The molecule has 0 unspecified atom stereocenters. The van der Waals surface area contributed by atoms with Crippen LogP contribution in [-0.2, 0) is 0 Å². The van der Waals surface area contributed by atoms with Crippen LogP contribution in [-0.4, -0.2) is 5.11 Å². The van der Waals surface area contributed by atoms with Gasteiger partial charge in [-0.3, -0.25) is 0 Å². The number of phenolic OH excluding ortho intramolecular Hbond substituents is 1. The fourth-order valence-electron chi connectivity index (χ4n) is 0.542. The molecule has 10 heavy (non-hydrogen) atoms. The molecule has 0 spiro atoms. The Balaban J connectivity index is 3.31. The third-order valence-electron chi connectivity index (χ3n) is 0.969. The zero-order valence-corrected chi connectivity index (χ0v) is 8.48. The van der Waals surface area contributed by atoms with Gasteiger partial charge in [-0.25, -0.2) is 4.39 Å². The van der Waals surface area contributed by atoms with Crippen molar-refractivity contribution in [2.75, 3.05) is 0 Å². The van der Waals surface area contributed by atoms with E-state index in [9.17, 15) is 4.39 Å². The predicted octanol–water partition coefficient (Wildman–Crippen LogP) is 2.90. The third kappa shape index (κ3) is 1.60. The number of hydrogen-bond donors (Lipinski definition) is 1. The molecule has 1 rings (SSSR count). The maximum absolute atomic E-state index is 12.7. The Kier molecular flexibility index (Phi) is 2.51. The van der Waals surface area contributed by atoms with E-state index in [4.69, 9.17) is 5.11 Å². The topological polar surface area (TPSA) is 20.2 Å². The second kappa shape index (κ2) is 3.04. The van der Waals surface area contributed by atoms with Gasteiger partial charge in [0.2, 0.25) is 0 Å². The molecule has 1 aromatic rings. The first kappa shape index (κ1) is 8.26. The maximum Gasteiger partial charge on any atom is 0.150 e. The van der Waals surface area contributed by atoms with Crippen molar-refractivity contribution in [1.29, 1.82) is 0 Å². The number of rotatable bonds is 0. The Bertz CT molecular complexity index is 241. The highest BCUT2D eigenvalue weighted by Crippen LogP contribution is 2.25. The predicted molar refractivity (Wildman–Crippen MR) is 48.5 cm³/mol. The van der Waals surface area contributed by atoms with Crippen LogP contribution in [0.5, 0.6) is 5.75 Å². The molecule has 1 nitrogen and oxygen atoms in total. The molecule has 0 heterocycles. The second-order valence-corrected chi connectivity index (χ2v) is 3.74. The van der Waals surface area contributed by atoms with E-state index in [1.54, 1.807) is 0 Å². The Morgan fingerprint density at radius 1 is 1.50 bits per heavy atom. The van der Waals surface area contributed by atoms with Gasteiger partial charge in [-0.1, -0.05) is 0 Å². The summed E-state index contributed by atoms with van der Waals surface area (Å²) in [4.78, 5) is 0. The minimum Gasteiger partial charge on any atom is -0.508 e. The summed E-state index contributed by atoms with van der Waals surface area (Å²) in [6.07, 6.45) is 0. The van der Waals surface area contributed by atoms with Crippen LogP contribution in [0.3, 0.4) is 0 Å². The molecule has 0 amide bonds. The molecule has 0 aliphatic heterocycles. The molecule has 0 radical (unpaired) electrons. The minimum absolute atomic E-state index is 0.0673. The number of halogens is 3. The highest BCUT2D eigenvalue weighted by molar-refractivity contribution is 14.1. The van der Waals surface area contributed by atoms with Crippen molar-refractivity contribution in [3.05, 3.63) is 26.0 Å².